The molecule has 0 radical (unpaired) electrons. The van der Waals surface area contributed by atoms with Crippen molar-refractivity contribution in [1.82, 2.24) is 4.90 Å². The van der Waals surface area contributed by atoms with E-state index >= 15 is 0 Å². The highest BCUT2D eigenvalue weighted by molar-refractivity contribution is 5.77. The third-order valence-corrected chi connectivity index (χ3v) is 3.35. The van der Waals surface area contributed by atoms with E-state index < -0.39 is 0 Å². The van der Waals surface area contributed by atoms with Crippen LogP contribution >= 0.6 is 0 Å². The first-order valence-electron chi connectivity index (χ1n) is 6.72. The second kappa shape index (κ2) is 6.03. The largest absolute Gasteiger partial charge is 0.459 e. The Bertz CT molecular complexity index is 459. The number of rotatable bonds is 6. The molecule has 0 aliphatic rings. The van der Waals surface area contributed by atoms with Gasteiger partial charge in [0.25, 0.3) is 0 Å². The molecule has 0 bridgehead atoms. The molecule has 0 saturated heterocycles. The first-order chi connectivity index (χ1) is 8.80. The molecule has 1 unspecified atom stereocenters. The number of furan rings is 1. The van der Waals surface area contributed by atoms with Gasteiger partial charge in [-0.25, -0.2) is 0 Å². The quantitative estimate of drug-likeness (QED) is 0.851. The minimum Gasteiger partial charge on any atom is -0.459 e. The fraction of sp³-hybridized carbons (Fsp3) is 0.467. The minimum absolute atomic E-state index is 0.183. The van der Waals surface area contributed by atoms with Crippen LogP contribution in [0.3, 0.4) is 0 Å². The van der Waals surface area contributed by atoms with Crippen LogP contribution in [0.1, 0.15) is 32.1 Å². The summed E-state index contributed by atoms with van der Waals surface area (Å²) in [7, 11) is 0. The zero-order valence-electron chi connectivity index (χ0n) is 11.2. The molecule has 0 spiro atoms. The van der Waals surface area contributed by atoms with E-state index in [0.29, 0.717) is 6.54 Å². The fourth-order valence-corrected chi connectivity index (χ4v) is 2.43. The lowest BCUT2D eigenvalue weighted by molar-refractivity contribution is 0.191. The Balaban J connectivity index is 2.30. The molecule has 0 amide bonds. The van der Waals surface area contributed by atoms with Gasteiger partial charge in [0.15, 0.2) is 0 Å². The SMILES string of the molecule is CCCN(CC)C(CN)c1cc2ccccc2o1. The summed E-state index contributed by atoms with van der Waals surface area (Å²) in [5.41, 5.74) is 6.87. The van der Waals surface area contributed by atoms with E-state index in [9.17, 15) is 0 Å². The van der Waals surface area contributed by atoms with Crippen molar-refractivity contribution in [3.05, 3.63) is 36.1 Å². The Labute approximate surface area is 109 Å². The normalized spacial score (nSPS) is 13.3. The van der Waals surface area contributed by atoms with Crippen LogP contribution in [0, 0.1) is 0 Å². The predicted octanol–water partition coefficient (Wildman–Crippen LogP) is 3.16. The third kappa shape index (κ3) is 2.57. The molecule has 0 saturated carbocycles. The van der Waals surface area contributed by atoms with Crippen LogP contribution in [0.15, 0.2) is 34.7 Å². The maximum atomic E-state index is 5.93. The Hall–Kier alpha value is -1.32. The van der Waals surface area contributed by atoms with Gasteiger partial charge in [-0.1, -0.05) is 32.0 Å². The minimum atomic E-state index is 0.183. The second-order valence-electron chi connectivity index (χ2n) is 4.57. The van der Waals surface area contributed by atoms with E-state index in [1.54, 1.807) is 0 Å². The smallest absolute Gasteiger partial charge is 0.134 e. The van der Waals surface area contributed by atoms with Crippen LogP contribution in [0.4, 0.5) is 0 Å². The van der Waals surface area contributed by atoms with Crippen molar-refractivity contribution < 1.29 is 4.42 Å². The predicted molar refractivity (Wildman–Crippen MR) is 75.5 cm³/mol. The van der Waals surface area contributed by atoms with Gasteiger partial charge in [0.2, 0.25) is 0 Å². The van der Waals surface area contributed by atoms with Gasteiger partial charge in [0, 0.05) is 11.9 Å². The highest BCUT2D eigenvalue weighted by Gasteiger charge is 2.20. The van der Waals surface area contributed by atoms with Gasteiger partial charge in [0.1, 0.15) is 11.3 Å². The summed E-state index contributed by atoms with van der Waals surface area (Å²) in [6.07, 6.45) is 1.13. The monoisotopic (exact) mass is 246 g/mol. The number of likely N-dealkylation sites (N-methyl/N-ethyl adjacent to an activating group) is 1. The number of nitrogens with two attached hydrogens (primary N) is 1. The molecule has 98 valence electrons. The lowest BCUT2D eigenvalue weighted by atomic mass is 10.1. The van der Waals surface area contributed by atoms with E-state index in [-0.39, 0.29) is 6.04 Å². The first kappa shape index (κ1) is 13.1. The molecule has 3 heteroatoms. The second-order valence-corrected chi connectivity index (χ2v) is 4.57. The highest BCUT2D eigenvalue weighted by atomic mass is 16.3. The topological polar surface area (TPSA) is 42.4 Å². The van der Waals surface area contributed by atoms with Gasteiger partial charge < -0.3 is 10.2 Å². The Morgan fingerprint density at radius 3 is 2.67 bits per heavy atom. The Kier molecular flexibility index (Phi) is 4.39. The van der Waals surface area contributed by atoms with Gasteiger partial charge >= 0.3 is 0 Å². The molecule has 2 aromatic rings. The summed E-state index contributed by atoms with van der Waals surface area (Å²) in [6.45, 7) is 6.99. The van der Waals surface area contributed by atoms with Gasteiger partial charge in [-0.05, 0) is 31.6 Å². The molecule has 1 atom stereocenters. The molecular weight excluding hydrogens is 224 g/mol. The summed E-state index contributed by atoms with van der Waals surface area (Å²) in [5, 5.41) is 1.15. The molecule has 2 N–H and O–H groups in total. The maximum Gasteiger partial charge on any atom is 0.134 e. The molecule has 0 fully saturated rings. The molecule has 1 aromatic carbocycles. The molecule has 2 rings (SSSR count). The van der Waals surface area contributed by atoms with E-state index in [1.807, 2.05) is 18.2 Å². The first-order valence-corrected chi connectivity index (χ1v) is 6.72. The van der Waals surface area contributed by atoms with Crippen molar-refractivity contribution in [3.63, 3.8) is 0 Å². The molecule has 18 heavy (non-hydrogen) atoms. The van der Waals surface area contributed by atoms with Gasteiger partial charge in [-0.3, -0.25) is 4.90 Å². The summed E-state index contributed by atoms with van der Waals surface area (Å²) >= 11 is 0. The van der Waals surface area contributed by atoms with Gasteiger partial charge in [-0.15, -0.1) is 0 Å². The van der Waals surface area contributed by atoms with Crippen molar-refractivity contribution in [2.45, 2.75) is 26.3 Å². The molecule has 0 aliphatic carbocycles. The van der Waals surface area contributed by atoms with E-state index in [4.69, 9.17) is 10.2 Å². The number of hydrogen-bond acceptors (Lipinski definition) is 3. The molecule has 3 nitrogen and oxygen atoms in total. The number of benzene rings is 1. The number of para-hydroxylation sites is 1. The van der Waals surface area contributed by atoms with Crippen molar-refractivity contribution >= 4 is 11.0 Å². The van der Waals surface area contributed by atoms with Gasteiger partial charge in [-0.2, -0.15) is 0 Å². The summed E-state index contributed by atoms with van der Waals surface area (Å²) in [5.74, 6) is 0.981. The van der Waals surface area contributed by atoms with E-state index in [0.717, 1.165) is 36.2 Å². The van der Waals surface area contributed by atoms with Crippen LogP contribution in [0.25, 0.3) is 11.0 Å². The molecular formula is C15H22N2O. The van der Waals surface area contributed by atoms with Crippen molar-refractivity contribution in [2.75, 3.05) is 19.6 Å². The standard InChI is InChI=1S/C15H22N2O/c1-3-9-17(4-2)13(11-16)15-10-12-7-5-6-8-14(12)18-15/h5-8,10,13H,3-4,9,11,16H2,1-2H3. The third-order valence-electron chi connectivity index (χ3n) is 3.35. The summed E-state index contributed by atoms with van der Waals surface area (Å²) in [4.78, 5) is 2.37. The fourth-order valence-electron chi connectivity index (χ4n) is 2.43. The number of nitrogens with zero attached hydrogens (tertiary/aromatic N) is 1. The van der Waals surface area contributed by atoms with E-state index in [2.05, 4.69) is 30.9 Å². The van der Waals surface area contributed by atoms with Crippen LogP contribution in [0.5, 0.6) is 0 Å². The Morgan fingerprint density at radius 1 is 1.28 bits per heavy atom. The van der Waals surface area contributed by atoms with Crippen LogP contribution < -0.4 is 5.73 Å². The van der Waals surface area contributed by atoms with Gasteiger partial charge in [0.05, 0.1) is 6.04 Å². The molecule has 0 aliphatic heterocycles. The van der Waals surface area contributed by atoms with Crippen molar-refractivity contribution in [2.24, 2.45) is 5.73 Å². The zero-order valence-corrected chi connectivity index (χ0v) is 11.2. The summed E-state index contributed by atoms with van der Waals surface area (Å²) < 4.78 is 5.93. The summed E-state index contributed by atoms with van der Waals surface area (Å²) in [6, 6.07) is 10.4. The Morgan fingerprint density at radius 2 is 2.06 bits per heavy atom. The van der Waals surface area contributed by atoms with Crippen molar-refractivity contribution in [3.8, 4) is 0 Å². The average Bonchev–Trinajstić information content (AvgIpc) is 2.82. The average molecular weight is 246 g/mol. The van der Waals surface area contributed by atoms with Crippen LogP contribution in [-0.2, 0) is 0 Å². The molecule has 1 aromatic heterocycles. The van der Waals surface area contributed by atoms with E-state index in [1.165, 1.54) is 0 Å². The van der Waals surface area contributed by atoms with Crippen LogP contribution in [0.2, 0.25) is 0 Å². The van der Waals surface area contributed by atoms with Crippen molar-refractivity contribution in [1.29, 1.82) is 0 Å². The zero-order chi connectivity index (χ0) is 13.0. The number of fused-ring (bicyclic) bond motifs is 1. The highest BCUT2D eigenvalue weighted by Crippen LogP contribution is 2.27. The van der Waals surface area contributed by atoms with Crippen LogP contribution in [-0.4, -0.2) is 24.5 Å². The lowest BCUT2D eigenvalue weighted by Crippen LogP contribution is -2.34. The maximum absolute atomic E-state index is 5.93. The molecule has 1 heterocycles. The number of hydrogen-bond donors (Lipinski definition) is 1. The lowest BCUT2D eigenvalue weighted by Gasteiger charge is -2.27.